The molecule has 2 amide bonds. The number of carboxylic acid groups (broad SMARTS) is 1. The monoisotopic (exact) mass is 376 g/mol. The number of hydrogen-bond acceptors (Lipinski definition) is 5. The van der Waals surface area contributed by atoms with Gasteiger partial charge in [0.1, 0.15) is 17.2 Å². The molecule has 2 fully saturated rings. The van der Waals surface area contributed by atoms with E-state index in [1.54, 1.807) is 0 Å². The predicted molar refractivity (Wildman–Crippen MR) is 96.9 cm³/mol. The summed E-state index contributed by atoms with van der Waals surface area (Å²) >= 11 is 0. The zero-order valence-corrected chi connectivity index (χ0v) is 15.4. The van der Waals surface area contributed by atoms with Crippen molar-refractivity contribution in [2.75, 3.05) is 19.6 Å². The minimum Gasteiger partial charge on any atom is -0.477 e. The largest absolute Gasteiger partial charge is 0.477 e. The highest BCUT2D eigenvalue weighted by Gasteiger charge is 2.36. The van der Waals surface area contributed by atoms with Crippen LogP contribution in [0.3, 0.4) is 0 Å². The molecule has 0 spiro atoms. The molecular weight excluding hydrogens is 352 g/mol. The standard InChI is InChI=1S/C18H24N4O5/c1-10(2)21-8-12(15(23)13(9-21)18(26)27)17(25)22-6-5-19-7-14(22)16(24)20-11-3-4-11/h8-11,14,19H,3-7H2,1-2H3,(H,20,24)(H,26,27)/t14-/m1/s1. The average Bonchev–Trinajstić information content (AvgIpc) is 3.44. The summed E-state index contributed by atoms with van der Waals surface area (Å²) in [7, 11) is 0. The van der Waals surface area contributed by atoms with E-state index in [0.717, 1.165) is 12.8 Å². The maximum Gasteiger partial charge on any atom is 0.341 e. The van der Waals surface area contributed by atoms with Crippen LogP contribution in [0.25, 0.3) is 0 Å². The number of amides is 2. The van der Waals surface area contributed by atoms with E-state index in [1.165, 1.54) is 21.9 Å². The number of nitrogens with one attached hydrogen (secondary N) is 2. The summed E-state index contributed by atoms with van der Waals surface area (Å²) in [6.07, 6.45) is 4.47. The molecule has 9 heteroatoms. The molecule has 1 saturated heterocycles. The molecular formula is C18H24N4O5. The van der Waals surface area contributed by atoms with Crippen molar-refractivity contribution in [3.8, 4) is 0 Å². The summed E-state index contributed by atoms with van der Waals surface area (Å²) in [5.41, 5.74) is -1.51. The second kappa shape index (κ2) is 7.51. The summed E-state index contributed by atoms with van der Waals surface area (Å²) in [6, 6.07) is -0.704. The molecule has 3 N–H and O–H groups in total. The van der Waals surface area contributed by atoms with Crippen molar-refractivity contribution in [1.82, 2.24) is 20.1 Å². The maximum absolute atomic E-state index is 13.1. The Kier molecular flexibility index (Phi) is 5.31. The number of piperazine rings is 1. The second-order valence-corrected chi connectivity index (χ2v) is 7.26. The lowest BCUT2D eigenvalue weighted by atomic mass is 10.1. The van der Waals surface area contributed by atoms with Crippen LogP contribution < -0.4 is 16.1 Å². The van der Waals surface area contributed by atoms with Crippen LogP contribution >= 0.6 is 0 Å². The molecule has 1 aliphatic carbocycles. The topological polar surface area (TPSA) is 121 Å². The van der Waals surface area contributed by atoms with Gasteiger partial charge in [0, 0.05) is 44.1 Å². The van der Waals surface area contributed by atoms with Gasteiger partial charge in [0.25, 0.3) is 5.91 Å². The summed E-state index contributed by atoms with van der Waals surface area (Å²) in [4.78, 5) is 51.0. The molecule has 1 atom stereocenters. The van der Waals surface area contributed by atoms with Crippen molar-refractivity contribution in [2.24, 2.45) is 0 Å². The van der Waals surface area contributed by atoms with E-state index >= 15 is 0 Å². The quantitative estimate of drug-likeness (QED) is 0.656. The summed E-state index contributed by atoms with van der Waals surface area (Å²) in [5.74, 6) is -2.25. The second-order valence-electron chi connectivity index (χ2n) is 7.26. The van der Waals surface area contributed by atoms with E-state index in [2.05, 4.69) is 10.6 Å². The summed E-state index contributed by atoms with van der Waals surface area (Å²) in [6.45, 7) is 4.69. The van der Waals surface area contributed by atoms with Gasteiger partial charge >= 0.3 is 5.97 Å². The Labute approximate surface area is 156 Å². The van der Waals surface area contributed by atoms with Crippen molar-refractivity contribution in [2.45, 2.75) is 44.8 Å². The van der Waals surface area contributed by atoms with Crippen LogP contribution in [-0.2, 0) is 4.79 Å². The number of aromatic nitrogens is 1. The molecule has 3 rings (SSSR count). The van der Waals surface area contributed by atoms with Crippen LogP contribution in [0.1, 0.15) is 53.4 Å². The number of nitrogens with zero attached hydrogens (tertiary/aromatic N) is 2. The fourth-order valence-electron chi connectivity index (χ4n) is 3.06. The van der Waals surface area contributed by atoms with Crippen molar-refractivity contribution in [1.29, 1.82) is 0 Å². The Morgan fingerprint density at radius 1 is 1.22 bits per heavy atom. The Balaban J connectivity index is 1.96. The lowest BCUT2D eigenvalue weighted by Crippen LogP contribution is -2.60. The molecule has 2 heterocycles. The molecule has 0 bridgehead atoms. The van der Waals surface area contributed by atoms with Crippen LogP contribution in [0.5, 0.6) is 0 Å². The molecule has 1 aromatic rings. The smallest absolute Gasteiger partial charge is 0.341 e. The van der Waals surface area contributed by atoms with Crippen LogP contribution in [0.15, 0.2) is 17.2 Å². The SMILES string of the molecule is CC(C)n1cc(C(=O)O)c(=O)c(C(=O)N2CCNC[C@@H]2C(=O)NC2CC2)c1. The number of hydrogen-bond donors (Lipinski definition) is 3. The van der Waals surface area contributed by atoms with Gasteiger partial charge in [-0.1, -0.05) is 0 Å². The van der Waals surface area contributed by atoms with Gasteiger partial charge in [0.15, 0.2) is 0 Å². The van der Waals surface area contributed by atoms with Gasteiger partial charge in [-0.05, 0) is 26.7 Å². The van der Waals surface area contributed by atoms with Gasteiger partial charge in [0.2, 0.25) is 11.3 Å². The minimum atomic E-state index is -1.38. The third kappa shape index (κ3) is 4.02. The van der Waals surface area contributed by atoms with Crippen molar-refractivity contribution < 1.29 is 19.5 Å². The van der Waals surface area contributed by atoms with E-state index in [0.29, 0.717) is 13.1 Å². The summed E-state index contributed by atoms with van der Waals surface area (Å²) < 4.78 is 1.53. The number of pyridine rings is 1. The molecule has 2 aliphatic rings. The predicted octanol–water partition coefficient (Wildman–Crippen LogP) is -0.180. The summed E-state index contributed by atoms with van der Waals surface area (Å²) in [5, 5.41) is 15.3. The molecule has 0 radical (unpaired) electrons. The van der Waals surface area contributed by atoms with E-state index < -0.39 is 28.9 Å². The zero-order chi connectivity index (χ0) is 19.7. The Morgan fingerprint density at radius 2 is 1.89 bits per heavy atom. The fourth-order valence-corrected chi connectivity index (χ4v) is 3.06. The van der Waals surface area contributed by atoms with E-state index in [1.807, 2.05) is 13.8 Å². The first kappa shape index (κ1) is 19.1. The fraction of sp³-hybridized carbons (Fsp3) is 0.556. The molecule has 9 nitrogen and oxygen atoms in total. The van der Waals surface area contributed by atoms with E-state index in [-0.39, 0.29) is 30.1 Å². The number of rotatable bonds is 5. The Bertz CT molecular complexity index is 828. The molecule has 1 aliphatic heterocycles. The number of carbonyl (C=O) groups excluding carboxylic acids is 2. The van der Waals surface area contributed by atoms with Crippen LogP contribution in [-0.4, -0.2) is 64.1 Å². The first-order valence-electron chi connectivity index (χ1n) is 9.10. The van der Waals surface area contributed by atoms with Gasteiger partial charge in [-0.2, -0.15) is 0 Å². The molecule has 1 saturated carbocycles. The minimum absolute atomic E-state index is 0.132. The third-order valence-electron chi connectivity index (χ3n) is 4.83. The van der Waals surface area contributed by atoms with Crippen LogP contribution in [0.2, 0.25) is 0 Å². The normalized spacial score (nSPS) is 19.8. The highest BCUT2D eigenvalue weighted by atomic mass is 16.4. The number of carboxylic acids is 1. The molecule has 27 heavy (non-hydrogen) atoms. The first-order valence-corrected chi connectivity index (χ1v) is 9.10. The third-order valence-corrected chi connectivity index (χ3v) is 4.83. The van der Waals surface area contributed by atoms with E-state index in [9.17, 15) is 24.3 Å². The van der Waals surface area contributed by atoms with E-state index in [4.69, 9.17) is 0 Å². The number of carbonyl (C=O) groups is 3. The van der Waals surface area contributed by atoms with Crippen molar-refractivity contribution in [3.05, 3.63) is 33.7 Å². The lowest BCUT2D eigenvalue weighted by Gasteiger charge is -2.35. The highest BCUT2D eigenvalue weighted by Crippen LogP contribution is 2.20. The van der Waals surface area contributed by atoms with Gasteiger partial charge in [-0.3, -0.25) is 14.4 Å². The Hall–Kier alpha value is -2.68. The van der Waals surface area contributed by atoms with Crippen molar-refractivity contribution >= 4 is 17.8 Å². The first-order chi connectivity index (χ1) is 12.8. The maximum atomic E-state index is 13.1. The molecule has 0 aromatic carbocycles. The van der Waals surface area contributed by atoms with Gasteiger partial charge in [-0.15, -0.1) is 0 Å². The molecule has 146 valence electrons. The van der Waals surface area contributed by atoms with Gasteiger partial charge in [0.05, 0.1) is 0 Å². The van der Waals surface area contributed by atoms with Gasteiger partial charge < -0.3 is 25.2 Å². The molecule has 0 unspecified atom stereocenters. The lowest BCUT2D eigenvalue weighted by molar-refractivity contribution is -0.126. The zero-order valence-electron chi connectivity index (χ0n) is 15.4. The highest BCUT2D eigenvalue weighted by molar-refractivity contribution is 5.99. The van der Waals surface area contributed by atoms with Crippen molar-refractivity contribution in [3.63, 3.8) is 0 Å². The molecule has 1 aromatic heterocycles. The average molecular weight is 376 g/mol. The van der Waals surface area contributed by atoms with Crippen LogP contribution in [0, 0.1) is 0 Å². The number of aromatic carboxylic acids is 1. The Morgan fingerprint density at radius 3 is 2.48 bits per heavy atom. The van der Waals surface area contributed by atoms with Gasteiger partial charge in [-0.25, -0.2) is 4.79 Å². The van der Waals surface area contributed by atoms with Crippen LogP contribution in [0.4, 0.5) is 0 Å².